The molecule has 1 aliphatic rings. The van der Waals surface area contributed by atoms with Crippen LogP contribution in [0.5, 0.6) is 5.75 Å². The van der Waals surface area contributed by atoms with Gasteiger partial charge in [-0.2, -0.15) is 5.26 Å². The number of nitrogens with one attached hydrogen (secondary N) is 1. The van der Waals surface area contributed by atoms with Gasteiger partial charge < -0.3 is 10.1 Å². The van der Waals surface area contributed by atoms with Gasteiger partial charge >= 0.3 is 0 Å². The molecule has 4 rings (SSSR count). The Balaban J connectivity index is 1.81. The molecule has 164 valence electrons. The highest BCUT2D eigenvalue weighted by atomic mass is 16.5. The summed E-state index contributed by atoms with van der Waals surface area (Å²) < 4.78 is 5.51. The molecule has 2 amide bonds. The molecule has 0 spiro atoms. The summed E-state index contributed by atoms with van der Waals surface area (Å²) in [6, 6.07) is 21.3. The highest BCUT2D eigenvalue weighted by molar-refractivity contribution is 6.46. The van der Waals surface area contributed by atoms with E-state index in [0.29, 0.717) is 29.2 Å². The fourth-order valence-corrected chi connectivity index (χ4v) is 3.74. The molecule has 0 unspecified atom stereocenters. The molecule has 6 nitrogen and oxygen atoms in total. The van der Waals surface area contributed by atoms with Crippen LogP contribution >= 0.6 is 0 Å². The Kier molecular flexibility index (Phi) is 5.97. The number of nitriles is 1. The fourth-order valence-electron chi connectivity index (χ4n) is 3.74. The fraction of sp³-hybridized carbons (Fsp3) is 0.148. The first-order valence-corrected chi connectivity index (χ1v) is 10.6. The molecule has 0 atom stereocenters. The minimum atomic E-state index is -0.450. The lowest BCUT2D eigenvalue weighted by Gasteiger charge is -2.16. The van der Waals surface area contributed by atoms with Crippen LogP contribution in [0.4, 0.5) is 11.4 Å². The van der Waals surface area contributed by atoms with Crippen LogP contribution in [0.15, 0.2) is 72.4 Å². The predicted octanol–water partition coefficient (Wildman–Crippen LogP) is 4.97. The molecule has 0 aromatic heterocycles. The number of imide groups is 1. The van der Waals surface area contributed by atoms with E-state index in [1.807, 2.05) is 45.0 Å². The van der Waals surface area contributed by atoms with Crippen molar-refractivity contribution < 1.29 is 14.3 Å². The Morgan fingerprint density at radius 1 is 0.939 bits per heavy atom. The van der Waals surface area contributed by atoms with Crippen LogP contribution in [0.1, 0.15) is 29.2 Å². The highest BCUT2D eigenvalue weighted by Gasteiger charge is 2.40. The number of carbonyl (C=O) groups excluding carboxylic acids is 2. The summed E-state index contributed by atoms with van der Waals surface area (Å²) in [5, 5.41) is 12.3. The first kappa shape index (κ1) is 21.8. The van der Waals surface area contributed by atoms with Crippen molar-refractivity contribution in [1.29, 1.82) is 5.26 Å². The second-order valence-corrected chi connectivity index (χ2v) is 7.68. The Morgan fingerprint density at radius 3 is 2.27 bits per heavy atom. The van der Waals surface area contributed by atoms with Crippen LogP contribution < -0.4 is 15.0 Å². The molecule has 6 heteroatoms. The van der Waals surface area contributed by atoms with Gasteiger partial charge in [-0.15, -0.1) is 0 Å². The maximum absolute atomic E-state index is 13.5. The monoisotopic (exact) mass is 437 g/mol. The van der Waals surface area contributed by atoms with Crippen LogP contribution in [-0.2, 0) is 9.59 Å². The van der Waals surface area contributed by atoms with Crippen LogP contribution in [-0.4, -0.2) is 18.4 Å². The average molecular weight is 437 g/mol. The number of hydrogen-bond acceptors (Lipinski definition) is 5. The Hall–Kier alpha value is -4.37. The summed E-state index contributed by atoms with van der Waals surface area (Å²) >= 11 is 0. The molecule has 0 aliphatic carbocycles. The number of amides is 2. The SMILES string of the molecule is CCOc1ccc(C2=C(Nc3cccc(C)c3C)C(=O)N(c3ccc(C#N)cc3)C2=O)cc1. The molecule has 0 fully saturated rings. The molecular formula is C27H23N3O3. The van der Waals surface area contributed by atoms with Crippen molar-refractivity contribution in [2.24, 2.45) is 0 Å². The summed E-state index contributed by atoms with van der Waals surface area (Å²) in [7, 11) is 0. The summed E-state index contributed by atoms with van der Waals surface area (Å²) in [5.41, 5.74) is 4.79. The van der Waals surface area contributed by atoms with Gasteiger partial charge in [0.1, 0.15) is 11.4 Å². The standard InChI is InChI=1S/C27H23N3O3/c1-4-33-22-14-10-20(11-15-22)24-25(29-23-7-5-6-17(2)18(23)3)27(32)30(26(24)31)21-12-8-19(16-28)9-13-21/h5-15,29H,4H2,1-3H3. The number of aryl methyl sites for hydroxylation is 1. The number of anilines is 2. The zero-order chi connectivity index (χ0) is 23.5. The average Bonchev–Trinajstić information content (AvgIpc) is 3.07. The number of hydrogen-bond donors (Lipinski definition) is 1. The van der Waals surface area contributed by atoms with Gasteiger partial charge in [-0.1, -0.05) is 24.3 Å². The smallest absolute Gasteiger partial charge is 0.282 e. The van der Waals surface area contributed by atoms with E-state index < -0.39 is 11.8 Å². The lowest BCUT2D eigenvalue weighted by atomic mass is 10.0. The molecule has 1 aliphatic heterocycles. The number of benzene rings is 3. The van der Waals surface area contributed by atoms with Gasteiger partial charge in [-0.05, 0) is 79.9 Å². The van der Waals surface area contributed by atoms with Gasteiger partial charge in [-0.3, -0.25) is 9.59 Å². The van der Waals surface area contributed by atoms with Crippen LogP contribution in [0.25, 0.3) is 5.57 Å². The van der Waals surface area contributed by atoms with Crippen molar-refractivity contribution in [3.05, 3.63) is 94.7 Å². The van der Waals surface area contributed by atoms with Crippen molar-refractivity contribution in [3.8, 4) is 11.8 Å². The zero-order valence-electron chi connectivity index (χ0n) is 18.7. The van der Waals surface area contributed by atoms with Crippen LogP contribution in [0.2, 0.25) is 0 Å². The second-order valence-electron chi connectivity index (χ2n) is 7.68. The van der Waals surface area contributed by atoms with E-state index in [9.17, 15) is 9.59 Å². The highest BCUT2D eigenvalue weighted by Crippen LogP contribution is 2.35. The molecule has 0 saturated carbocycles. The lowest BCUT2D eigenvalue weighted by Crippen LogP contribution is -2.32. The normalized spacial score (nSPS) is 13.3. The molecule has 1 heterocycles. The predicted molar refractivity (Wildman–Crippen MR) is 128 cm³/mol. The Labute approximate surface area is 192 Å². The summed E-state index contributed by atoms with van der Waals surface area (Å²) in [4.78, 5) is 28.2. The van der Waals surface area contributed by atoms with Crippen molar-refractivity contribution in [3.63, 3.8) is 0 Å². The van der Waals surface area contributed by atoms with E-state index in [0.717, 1.165) is 21.7 Å². The molecule has 3 aromatic carbocycles. The number of carbonyl (C=O) groups is 2. The van der Waals surface area contributed by atoms with Crippen LogP contribution in [0, 0.1) is 25.2 Å². The van der Waals surface area contributed by atoms with Crippen molar-refractivity contribution in [2.45, 2.75) is 20.8 Å². The van der Waals surface area contributed by atoms with Gasteiger partial charge in [0, 0.05) is 5.69 Å². The summed E-state index contributed by atoms with van der Waals surface area (Å²) in [6.07, 6.45) is 0. The van der Waals surface area contributed by atoms with E-state index in [-0.39, 0.29) is 11.3 Å². The maximum Gasteiger partial charge on any atom is 0.282 e. The molecule has 1 N–H and O–H groups in total. The van der Waals surface area contributed by atoms with E-state index in [1.165, 1.54) is 0 Å². The summed E-state index contributed by atoms with van der Waals surface area (Å²) in [5.74, 6) is -0.192. The number of rotatable bonds is 6. The molecule has 0 radical (unpaired) electrons. The van der Waals surface area contributed by atoms with Crippen LogP contribution in [0.3, 0.4) is 0 Å². The third-order valence-electron chi connectivity index (χ3n) is 5.66. The largest absolute Gasteiger partial charge is 0.494 e. The maximum atomic E-state index is 13.5. The minimum Gasteiger partial charge on any atom is -0.494 e. The number of ether oxygens (including phenoxy) is 1. The van der Waals surface area contributed by atoms with Crippen molar-refractivity contribution in [2.75, 3.05) is 16.8 Å². The van der Waals surface area contributed by atoms with E-state index in [1.54, 1.807) is 48.5 Å². The Morgan fingerprint density at radius 2 is 1.64 bits per heavy atom. The van der Waals surface area contributed by atoms with Gasteiger partial charge in [0.05, 0.1) is 29.5 Å². The minimum absolute atomic E-state index is 0.210. The molecular weight excluding hydrogens is 414 g/mol. The lowest BCUT2D eigenvalue weighted by molar-refractivity contribution is -0.120. The van der Waals surface area contributed by atoms with Gasteiger partial charge in [-0.25, -0.2) is 4.90 Å². The Bertz CT molecular complexity index is 1300. The van der Waals surface area contributed by atoms with Crippen molar-refractivity contribution in [1.82, 2.24) is 0 Å². The quantitative estimate of drug-likeness (QED) is 0.551. The zero-order valence-corrected chi connectivity index (χ0v) is 18.7. The van der Waals surface area contributed by atoms with Gasteiger partial charge in [0.25, 0.3) is 11.8 Å². The summed E-state index contributed by atoms with van der Waals surface area (Å²) in [6.45, 7) is 6.39. The number of nitrogens with zero attached hydrogens (tertiary/aromatic N) is 2. The van der Waals surface area contributed by atoms with E-state index in [2.05, 4.69) is 5.32 Å². The molecule has 3 aromatic rings. The molecule has 0 saturated heterocycles. The van der Waals surface area contributed by atoms with Crippen molar-refractivity contribution >= 4 is 28.8 Å². The van der Waals surface area contributed by atoms with Gasteiger partial charge in [0.15, 0.2) is 0 Å². The molecule has 0 bridgehead atoms. The second kappa shape index (κ2) is 9.01. The van der Waals surface area contributed by atoms with E-state index >= 15 is 0 Å². The molecule has 33 heavy (non-hydrogen) atoms. The topological polar surface area (TPSA) is 82.4 Å². The van der Waals surface area contributed by atoms with E-state index in [4.69, 9.17) is 10.00 Å². The third-order valence-corrected chi connectivity index (χ3v) is 5.66. The third kappa shape index (κ3) is 4.09. The first-order valence-electron chi connectivity index (χ1n) is 10.6. The first-order chi connectivity index (χ1) is 15.9. The van der Waals surface area contributed by atoms with Gasteiger partial charge in [0.2, 0.25) is 0 Å².